The fourth-order valence-corrected chi connectivity index (χ4v) is 2.76. The molecule has 3 aromatic rings. The summed E-state index contributed by atoms with van der Waals surface area (Å²) in [5.41, 5.74) is 4.04. The zero-order valence-electron chi connectivity index (χ0n) is 12.9. The molecule has 3 rings (SSSR count). The molecule has 0 radical (unpaired) electrons. The maximum atomic E-state index is 11.4. The van der Waals surface area contributed by atoms with E-state index in [2.05, 4.69) is 10.3 Å². The molecule has 6 heteroatoms. The molecule has 0 saturated heterocycles. The lowest BCUT2D eigenvalue weighted by atomic mass is 10.0. The summed E-state index contributed by atoms with van der Waals surface area (Å²) >= 11 is -0.974. The van der Waals surface area contributed by atoms with Crippen LogP contribution in [0.25, 0.3) is 11.0 Å². The highest BCUT2D eigenvalue weighted by Gasteiger charge is 2.16. The highest BCUT2D eigenvalue weighted by Crippen LogP contribution is 2.26. The van der Waals surface area contributed by atoms with Crippen molar-refractivity contribution < 1.29 is 8.97 Å². The number of aryl methyl sites for hydroxylation is 1. The SMILES string of the molecule is Cc1cc(NC[S+](C)[O-])c(C(=N)c2coc3ccccc23)cn1. The van der Waals surface area contributed by atoms with E-state index in [0.29, 0.717) is 22.7 Å². The smallest absolute Gasteiger partial charge is 0.175 e. The van der Waals surface area contributed by atoms with Crippen LogP contribution in [0.5, 0.6) is 0 Å². The van der Waals surface area contributed by atoms with Crippen molar-refractivity contribution in [2.45, 2.75) is 6.92 Å². The van der Waals surface area contributed by atoms with E-state index in [1.165, 1.54) is 0 Å². The molecule has 0 aliphatic rings. The van der Waals surface area contributed by atoms with Gasteiger partial charge >= 0.3 is 0 Å². The van der Waals surface area contributed by atoms with Crippen LogP contribution in [0.1, 0.15) is 16.8 Å². The minimum absolute atomic E-state index is 0.326. The lowest BCUT2D eigenvalue weighted by molar-refractivity contribution is 0.602. The monoisotopic (exact) mass is 327 g/mol. The third-order valence-corrected chi connectivity index (χ3v) is 4.08. The molecule has 2 heterocycles. The number of aromatic nitrogens is 1. The molecule has 23 heavy (non-hydrogen) atoms. The van der Waals surface area contributed by atoms with Crippen molar-refractivity contribution in [1.82, 2.24) is 4.98 Å². The van der Waals surface area contributed by atoms with Crippen LogP contribution >= 0.6 is 0 Å². The summed E-state index contributed by atoms with van der Waals surface area (Å²) in [6, 6.07) is 9.48. The number of nitrogens with zero attached hydrogens (tertiary/aromatic N) is 1. The Kier molecular flexibility index (Phi) is 4.36. The van der Waals surface area contributed by atoms with E-state index < -0.39 is 11.2 Å². The molecule has 0 bridgehead atoms. The van der Waals surface area contributed by atoms with E-state index in [0.717, 1.165) is 22.4 Å². The predicted octanol–water partition coefficient (Wildman–Crippen LogP) is 3.30. The van der Waals surface area contributed by atoms with Crippen LogP contribution < -0.4 is 5.32 Å². The summed E-state index contributed by atoms with van der Waals surface area (Å²) < 4.78 is 16.9. The lowest BCUT2D eigenvalue weighted by Crippen LogP contribution is -2.15. The van der Waals surface area contributed by atoms with Gasteiger partial charge in [0.2, 0.25) is 0 Å². The van der Waals surface area contributed by atoms with Gasteiger partial charge in [0, 0.05) is 28.4 Å². The lowest BCUT2D eigenvalue weighted by Gasteiger charge is -2.13. The number of rotatable bonds is 5. The Bertz CT molecular complexity index is 858. The second-order valence-electron chi connectivity index (χ2n) is 5.29. The number of pyridine rings is 1. The van der Waals surface area contributed by atoms with Gasteiger partial charge in [-0.15, -0.1) is 0 Å². The molecule has 1 atom stereocenters. The topological polar surface area (TPSA) is 85.0 Å². The first-order valence-electron chi connectivity index (χ1n) is 7.12. The van der Waals surface area contributed by atoms with Crippen molar-refractivity contribution in [2.75, 3.05) is 17.4 Å². The third kappa shape index (κ3) is 3.23. The number of nitrogens with one attached hydrogen (secondary N) is 2. The molecular formula is C17H17N3O2S. The number of hydrogen-bond acceptors (Lipinski definition) is 5. The fourth-order valence-electron chi connectivity index (χ4n) is 2.40. The first-order valence-corrected chi connectivity index (χ1v) is 8.85. The van der Waals surface area contributed by atoms with Crippen LogP contribution in [0.4, 0.5) is 5.69 Å². The predicted molar refractivity (Wildman–Crippen MR) is 93.7 cm³/mol. The molecule has 2 N–H and O–H groups in total. The normalized spacial score (nSPS) is 12.3. The molecule has 0 saturated carbocycles. The zero-order chi connectivity index (χ0) is 16.4. The van der Waals surface area contributed by atoms with Crippen molar-refractivity contribution in [1.29, 1.82) is 5.41 Å². The maximum absolute atomic E-state index is 11.4. The molecule has 1 unspecified atom stereocenters. The minimum atomic E-state index is -0.974. The van der Waals surface area contributed by atoms with Gasteiger partial charge in [-0.05, 0) is 30.2 Å². The highest BCUT2D eigenvalue weighted by molar-refractivity contribution is 7.90. The summed E-state index contributed by atoms with van der Waals surface area (Å²) in [5, 5.41) is 12.6. The average molecular weight is 327 g/mol. The Morgan fingerprint density at radius 1 is 1.35 bits per heavy atom. The van der Waals surface area contributed by atoms with Crippen LogP contribution in [0.15, 0.2) is 47.2 Å². The molecule has 1 aromatic carbocycles. The van der Waals surface area contributed by atoms with Crippen LogP contribution in [0, 0.1) is 12.3 Å². The number of furan rings is 1. The van der Waals surface area contributed by atoms with Gasteiger partial charge in [-0.3, -0.25) is 10.4 Å². The summed E-state index contributed by atoms with van der Waals surface area (Å²) in [5.74, 6) is 0.329. The van der Waals surface area contributed by atoms with Gasteiger partial charge in [-0.2, -0.15) is 0 Å². The minimum Gasteiger partial charge on any atom is -0.615 e. The quantitative estimate of drug-likeness (QED) is 0.556. The second kappa shape index (κ2) is 6.44. The largest absolute Gasteiger partial charge is 0.615 e. The Labute approximate surface area is 137 Å². The fraction of sp³-hybridized carbons (Fsp3) is 0.176. The first-order chi connectivity index (χ1) is 11.1. The molecule has 0 aliphatic heterocycles. The van der Waals surface area contributed by atoms with E-state index in [4.69, 9.17) is 9.83 Å². The molecule has 5 nitrogen and oxygen atoms in total. The maximum Gasteiger partial charge on any atom is 0.175 e. The van der Waals surface area contributed by atoms with Crippen molar-refractivity contribution >= 4 is 33.5 Å². The Morgan fingerprint density at radius 2 is 2.13 bits per heavy atom. The van der Waals surface area contributed by atoms with Gasteiger partial charge in [0.15, 0.2) is 5.88 Å². The van der Waals surface area contributed by atoms with Crippen molar-refractivity contribution in [3.8, 4) is 0 Å². The molecule has 0 aliphatic carbocycles. The number of para-hydroxylation sites is 1. The molecule has 2 aromatic heterocycles. The van der Waals surface area contributed by atoms with E-state index in [1.807, 2.05) is 37.3 Å². The zero-order valence-corrected chi connectivity index (χ0v) is 13.7. The van der Waals surface area contributed by atoms with Crippen LogP contribution in [0.2, 0.25) is 0 Å². The van der Waals surface area contributed by atoms with Crippen molar-refractivity contribution in [3.05, 3.63) is 59.6 Å². The Balaban J connectivity index is 2.02. The highest BCUT2D eigenvalue weighted by atomic mass is 32.2. The molecule has 0 fully saturated rings. The van der Waals surface area contributed by atoms with Gasteiger partial charge in [0.05, 0.1) is 17.7 Å². The van der Waals surface area contributed by atoms with Crippen LogP contribution in [-0.4, -0.2) is 27.4 Å². The van der Waals surface area contributed by atoms with Gasteiger partial charge in [0.1, 0.15) is 11.8 Å². The average Bonchev–Trinajstić information content (AvgIpc) is 2.96. The first kappa shape index (κ1) is 15.6. The molecular weight excluding hydrogens is 310 g/mol. The van der Waals surface area contributed by atoms with Crippen molar-refractivity contribution in [3.63, 3.8) is 0 Å². The molecule has 0 amide bonds. The Morgan fingerprint density at radius 3 is 2.91 bits per heavy atom. The van der Waals surface area contributed by atoms with Crippen LogP contribution in [0.3, 0.4) is 0 Å². The third-order valence-electron chi connectivity index (χ3n) is 3.53. The van der Waals surface area contributed by atoms with Crippen LogP contribution in [-0.2, 0) is 11.2 Å². The van der Waals surface area contributed by atoms with E-state index >= 15 is 0 Å². The van der Waals surface area contributed by atoms with Gasteiger partial charge in [-0.25, -0.2) is 0 Å². The standard InChI is InChI=1S/C17H17N3O2S/c1-11-7-15(20-10-23(2)21)13(8-19-11)17(18)14-9-22-16-6-4-3-5-12(14)16/h3-9,18H,10H2,1-2H3,(H,19,20). The number of benzene rings is 1. The number of anilines is 1. The summed E-state index contributed by atoms with van der Waals surface area (Å²) in [4.78, 5) is 4.29. The number of fused-ring (bicyclic) bond motifs is 1. The van der Waals surface area contributed by atoms with Gasteiger partial charge in [-0.1, -0.05) is 18.2 Å². The molecule has 118 valence electrons. The van der Waals surface area contributed by atoms with E-state index in [1.54, 1.807) is 18.7 Å². The Hall–Kier alpha value is -2.31. The second-order valence-corrected chi connectivity index (χ2v) is 6.72. The van der Waals surface area contributed by atoms with Crippen molar-refractivity contribution in [2.24, 2.45) is 0 Å². The molecule has 0 spiro atoms. The summed E-state index contributed by atoms with van der Waals surface area (Å²) in [7, 11) is 0. The van der Waals surface area contributed by atoms with Gasteiger partial charge < -0.3 is 14.3 Å². The number of hydrogen-bond donors (Lipinski definition) is 2. The summed E-state index contributed by atoms with van der Waals surface area (Å²) in [6.45, 7) is 1.88. The summed E-state index contributed by atoms with van der Waals surface area (Å²) in [6.07, 6.45) is 4.89. The van der Waals surface area contributed by atoms with E-state index in [-0.39, 0.29) is 0 Å². The van der Waals surface area contributed by atoms with E-state index in [9.17, 15) is 4.55 Å². The van der Waals surface area contributed by atoms with Gasteiger partial charge in [0.25, 0.3) is 0 Å².